The van der Waals surface area contributed by atoms with Gasteiger partial charge in [0.25, 0.3) is 5.91 Å². The monoisotopic (exact) mass is 347 g/mol. The van der Waals surface area contributed by atoms with E-state index in [0.717, 1.165) is 0 Å². The van der Waals surface area contributed by atoms with Crippen LogP contribution in [-0.4, -0.2) is 25.0 Å². The van der Waals surface area contributed by atoms with Crippen LogP contribution in [0.25, 0.3) is 0 Å². The van der Waals surface area contributed by atoms with Crippen LogP contribution in [0.5, 0.6) is 0 Å². The van der Waals surface area contributed by atoms with Crippen LogP contribution < -0.4 is 16.0 Å². The molecule has 0 saturated heterocycles. The smallest absolute Gasteiger partial charge is 0.315 e. The molecular weight excluding hydrogens is 328 g/mol. The highest BCUT2D eigenvalue weighted by atomic mass is 19.1. The van der Waals surface area contributed by atoms with Gasteiger partial charge in [-0.05, 0) is 24.6 Å². The van der Waals surface area contributed by atoms with Crippen LogP contribution in [0.1, 0.15) is 22.3 Å². The molecule has 2 aromatic rings. The van der Waals surface area contributed by atoms with Crippen LogP contribution in [0.3, 0.4) is 0 Å². The highest BCUT2D eigenvalue weighted by molar-refractivity contribution is 5.94. The van der Waals surface area contributed by atoms with Gasteiger partial charge < -0.3 is 16.0 Å². The van der Waals surface area contributed by atoms with E-state index in [1.807, 2.05) is 0 Å². The Labute approximate surface area is 144 Å². The number of carbonyl (C=O) groups is 2. The van der Waals surface area contributed by atoms with Gasteiger partial charge in [-0.15, -0.1) is 0 Å². The number of amides is 3. The van der Waals surface area contributed by atoms with Crippen molar-refractivity contribution in [3.63, 3.8) is 0 Å². The summed E-state index contributed by atoms with van der Waals surface area (Å²) in [6.45, 7) is 0.698. The summed E-state index contributed by atoms with van der Waals surface area (Å²) >= 11 is 0. The number of hydrogen-bond donors (Lipinski definition) is 3. The van der Waals surface area contributed by atoms with Crippen LogP contribution >= 0.6 is 0 Å². The Balaban J connectivity index is 1.61. The van der Waals surface area contributed by atoms with E-state index in [-0.39, 0.29) is 17.9 Å². The first kappa shape index (κ1) is 18.4. The molecule has 5 nitrogen and oxygen atoms in total. The first-order chi connectivity index (χ1) is 12.1. The van der Waals surface area contributed by atoms with Gasteiger partial charge >= 0.3 is 6.03 Å². The standard InChI is InChI=1S/C18H19F2N3O2/c19-15-8-3-1-6-13(15)12-23-18(25)22-11-5-10-21-17(24)14-7-2-4-9-16(14)20/h1-4,6-9H,5,10-12H2,(H,21,24)(H2,22,23,25). The summed E-state index contributed by atoms with van der Waals surface area (Å²) in [5.74, 6) is -1.45. The molecule has 0 unspecified atom stereocenters. The SMILES string of the molecule is O=C(NCCCNC(=O)c1ccccc1F)NCc1ccccc1F. The molecule has 0 fully saturated rings. The molecule has 3 amide bonds. The van der Waals surface area contributed by atoms with Crippen molar-refractivity contribution >= 4 is 11.9 Å². The second-order valence-electron chi connectivity index (χ2n) is 5.29. The number of halogens is 2. The minimum atomic E-state index is -0.578. The van der Waals surface area contributed by atoms with Crippen molar-refractivity contribution in [1.82, 2.24) is 16.0 Å². The molecule has 7 heteroatoms. The zero-order chi connectivity index (χ0) is 18.1. The maximum Gasteiger partial charge on any atom is 0.315 e. The molecule has 0 aliphatic heterocycles. The molecule has 25 heavy (non-hydrogen) atoms. The topological polar surface area (TPSA) is 70.2 Å². The predicted octanol–water partition coefficient (Wildman–Crippen LogP) is 2.58. The van der Waals surface area contributed by atoms with Crippen molar-refractivity contribution in [2.24, 2.45) is 0 Å². The Hall–Kier alpha value is -2.96. The molecule has 0 heterocycles. The quantitative estimate of drug-likeness (QED) is 0.674. The first-order valence-electron chi connectivity index (χ1n) is 7.86. The number of carbonyl (C=O) groups excluding carboxylic acids is 2. The number of urea groups is 1. The number of benzene rings is 2. The van der Waals surface area contributed by atoms with Crippen molar-refractivity contribution in [1.29, 1.82) is 0 Å². The van der Waals surface area contributed by atoms with Crippen LogP contribution in [0.4, 0.5) is 13.6 Å². The molecule has 0 radical (unpaired) electrons. The first-order valence-corrected chi connectivity index (χ1v) is 7.86. The van der Waals surface area contributed by atoms with Crippen LogP contribution in [0, 0.1) is 11.6 Å². The second kappa shape index (κ2) is 9.36. The summed E-state index contributed by atoms with van der Waals surface area (Å²) in [6.07, 6.45) is 0.479. The van der Waals surface area contributed by atoms with E-state index in [2.05, 4.69) is 16.0 Å². The van der Waals surface area contributed by atoms with Gasteiger partial charge in [0, 0.05) is 25.2 Å². The summed E-state index contributed by atoms with van der Waals surface area (Å²) in [4.78, 5) is 23.4. The van der Waals surface area contributed by atoms with Crippen molar-refractivity contribution in [2.75, 3.05) is 13.1 Å². The zero-order valence-electron chi connectivity index (χ0n) is 13.5. The van der Waals surface area contributed by atoms with Crippen molar-refractivity contribution in [3.05, 3.63) is 71.3 Å². The Kier molecular flexibility index (Phi) is 6.88. The van der Waals surface area contributed by atoms with E-state index >= 15 is 0 Å². The molecule has 132 valence electrons. The predicted molar refractivity (Wildman–Crippen MR) is 90.0 cm³/mol. The van der Waals surface area contributed by atoms with Crippen LogP contribution in [0.2, 0.25) is 0 Å². The van der Waals surface area contributed by atoms with Crippen molar-refractivity contribution in [3.8, 4) is 0 Å². The largest absolute Gasteiger partial charge is 0.352 e. The molecule has 0 aliphatic carbocycles. The fourth-order valence-electron chi connectivity index (χ4n) is 2.11. The summed E-state index contributed by atoms with van der Waals surface area (Å²) in [7, 11) is 0. The molecule has 0 spiro atoms. The third kappa shape index (κ3) is 5.87. The molecular formula is C18H19F2N3O2. The fraction of sp³-hybridized carbons (Fsp3) is 0.222. The van der Waals surface area contributed by atoms with Gasteiger partial charge in [0.05, 0.1) is 5.56 Å². The van der Waals surface area contributed by atoms with E-state index in [1.165, 1.54) is 24.3 Å². The second-order valence-corrected chi connectivity index (χ2v) is 5.29. The molecule has 0 saturated carbocycles. The minimum Gasteiger partial charge on any atom is -0.352 e. The Bertz CT molecular complexity index is 738. The molecule has 0 bridgehead atoms. The molecule has 3 N–H and O–H groups in total. The van der Waals surface area contributed by atoms with E-state index in [1.54, 1.807) is 24.3 Å². The third-order valence-electron chi connectivity index (χ3n) is 3.44. The summed E-state index contributed by atoms with van der Waals surface area (Å²) in [5, 5.41) is 7.72. The summed E-state index contributed by atoms with van der Waals surface area (Å²) in [6, 6.07) is 11.5. The minimum absolute atomic E-state index is 0.0157. The zero-order valence-corrected chi connectivity index (χ0v) is 13.5. The lowest BCUT2D eigenvalue weighted by atomic mass is 10.2. The summed E-state index contributed by atoms with van der Waals surface area (Å²) < 4.78 is 26.8. The molecule has 0 aromatic heterocycles. The number of rotatable bonds is 7. The highest BCUT2D eigenvalue weighted by Crippen LogP contribution is 2.06. The highest BCUT2D eigenvalue weighted by Gasteiger charge is 2.09. The van der Waals surface area contributed by atoms with E-state index in [9.17, 15) is 18.4 Å². The lowest BCUT2D eigenvalue weighted by molar-refractivity contribution is 0.0949. The Morgan fingerprint density at radius 2 is 1.44 bits per heavy atom. The maximum atomic E-state index is 13.4. The Morgan fingerprint density at radius 1 is 0.800 bits per heavy atom. The van der Waals surface area contributed by atoms with Gasteiger partial charge in [0.15, 0.2) is 0 Å². The number of nitrogens with one attached hydrogen (secondary N) is 3. The molecule has 2 rings (SSSR count). The lowest BCUT2D eigenvalue weighted by Crippen LogP contribution is -2.37. The van der Waals surface area contributed by atoms with Crippen LogP contribution in [-0.2, 0) is 6.54 Å². The average Bonchev–Trinajstić information content (AvgIpc) is 2.61. The molecule has 2 aromatic carbocycles. The van der Waals surface area contributed by atoms with Gasteiger partial charge in [-0.25, -0.2) is 13.6 Å². The maximum absolute atomic E-state index is 13.4. The van der Waals surface area contributed by atoms with E-state index in [0.29, 0.717) is 25.1 Å². The molecule has 0 aliphatic rings. The van der Waals surface area contributed by atoms with E-state index < -0.39 is 17.8 Å². The fourth-order valence-corrected chi connectivity index (χ4v) is 2.11. The lowest BCUT2D eigenvalue weighted by Gasteiger charge is -2.09. The van der Waals surface area contributed by atoms with Gasteiger partial charge in [-0.1, -0.05) is 30.3 Å². The van der Waals surface area contributed by atoms with E-state index in [4.69, 9.17) is 0 Å². The van der Waals surface area contributed by atoms with Gasteiger partial charge in [-0.3, -0.25) is 4.79 Å². The molecule has 0 atom stereocenters. The normalized spacial score (nSPS) is 10.2. The third-order valence-corrected chi connectivity index (χ3v) is 3.44. The van der Waals surface area contributed by atoms with Crippen molar-refractivity contribution in [2.45, 2.75) is 13.0 Å². The summed E-state index contributed by atoms with van der Waals surface area (Å²) in [5.41, 5.74) is 0.382. The van der Waals surface area contributed by atoms with Crippen LogP contribution in [0.15, 0.2) is 48.5 Å². The number of hydrogen-bond acceptors (Lipinski definition) is 2. The Morgan fingerprint density at radius 3 is 2.16 bits per heavy atom. The van der Waals surface area contributed by atoms with Gasteiger partial charge in [0.2, 0.25) is 0 Å². The average molecular weight is 347 g/mol. The van der Waals surface area contributed by atoms with Crippen molar-refractivity contribution < 1.29 is 18.4 Å². The van der Waals surface area contributed by atoms with Gasteiger partial charge in [0.1, 0.15) is 11.6 Å². The van der Waals surface area contributed by atoms with Gasteiger partial charge in [-0.2, -0.15) is 0 Å².